The summed E-state index contributed by atoms with van der Waals surface area (Å²) in [5, 5.41) is 12.7. The maximum Gasteiger partial charge on any atom is 0.0528 e. The Balaban J connectivity index is 1.63. The first-order chi connectivity index (χ1) is 9.90. The Morgan fingerprint density at radius 3 is 2.95 bits per heavy atom. The Morgan fingerprint density at radius 2 is 2.05 bits per heavy atom. The van der Waals surface area contributed by atoms with Gasteiger partial charge in [-0.1, -0.05) is 6.07 Å². The minimum atomic E-state index is 0.669. The van der Waals surface area contributed by atoms with Crippen molar-refractivity contribution < 1.29 is 0 Å². The van der Waals surface area contributed by atoms with Gasteiger partial charge >= 0.3 is 0 Å². The number of fused-ring (bicyclic) bond motifs is 1. The normalized spacial score (nSPS) is 18.7. The minimum absolute atomic E-state index is 0.669. The molecule has 0 bridgehead atoms. The van der Waals surface area contributed by atoms with Gasteiger partial charge in [0.1, 0.15) is 0 Å². The molecule has 1 aromatic carbocycles. The molecule has 4 heteroatoms. The van der Waals surface area contributed by atoms with Gasteiger partial charge in [-0.05, 0) is 53.4 Å². The molecule has 1 fully saturated rings. The Kier molecular flexibility index (Phi) is 3.22. The summed E-state index contributed by atoms with van der Waals surface area (Å²) in [6.07, 6.45) is 1.25. The van der Waals surface area contributed by atoms with E-state index >= 15 is 0 Å². The van der Waals surface area contributed by atoms with Crippen molar-refractivity contribution in [2.75, 3.05) is 18.4 Å². The Hall–Kier alpha value is -1.36. The number of nitrogens with one attached hydrogen (secondary N) is 2. The maximum atomic E-state index is 3.60. The summed E-state index contributed by atoms with van der Waals surface area (Å²) in [4.78, 5) is 1.49. The van der Waals surface area contributed by atoms with Crippen molar-refractivity contribution in [2.24, 2.45) is 0 Å². The molecule has 0 spiro atoms. The van der Waals surface area contributed by atoms with Crippen LogP contribution in [0.15, 0.2) is 41.1 Å². The van der Waals surface area contributed by atoms with Crippen molar-refractivity contribution in [3.05, 3.63) is 46.0 Å². The number of hydrogen-bond acceptors (Lipinski definition) is 4. The molecule has 0 aliphatic carbocycles. The van der Waals surface area contributed by atoms with Crippen molar-refractivity contribution in [1.29, 1.82) is 0 Å². The lowest BCUT2D eigenvalue weighted by Gasteiger charge is -2.12. The van der Waals surface area contributed by atoms with Crippen LogP contribution >= 0.6 is 22.7 Å². The fraction of sp³-hybridized carbons (Fsp3) is 0.250. The molecular weight excluding hydrogens is 284 g/mol. The smallest absolute Gasteiger partial charge is 0.0528 e. The van der Waals surface area contributed by atoms with Gasteiger partial charge in [0.2, 0.25) is 0 Å². The fourth-order valence-corrected chi connectivity index (χ4v) is 4.63. The predicted molar refractivity (Wildman–Crippen MR) is 89.7 cm³/mol. The lowest BCUT2D eigenvalue weighted by Crippen LogP contribution is -2.08. The number of hydrogen-bond donors (Lipinski definition) is 2. The summed E-state index contributed by atoms with van der Waals surface area (Å²) >= 11 is 3.67. The number of rotatable bonds is 3. The quantitative estimate of drug-likeness (QED) is 0.727. The van der Waals surface area contributed by atoms with Crippen LogP contribution in [0.4, 0.5) is 11.4 Å². The zero-order valence-electron chi connectivity index (χ0n) is 11.1. The molecule has 2 N–H and O–H groups in total. The van der Waals surface area contributed by atoms with Gasteiger partial charge in [0.25, 0.3) is 0 Å². The molecule has 1 saturated heterocycles. The number of thiophene rings is 2. The van der Waals surface area contributed by atoms with Crippen molar-refractivity contribution in [3.63, 3.8) is 0 Å². The summed E-state index contributed by atoms with van der Waals surface area (Å²) in [7, 11) is 0. The van der Waals surface area contributed by atoms with Gasteiger partial charge in [0.15, 0.2) is 0 Å². The third-order valence-corrected chi connectivity index (χ3v) is 5.82. The highest BCUT2D eigenvalue weighted by Crippen LogP contribution is 2.36. The molecule has 0 radical (unpaired) electrons. The van der Waals surface area contributed by atoms with Crippen molar-refractivity contribution in [3.8, 4) is 0 Å². The summed E-state index contributed by atoms with van der Waals surface area (Å²) in [5.41, 5.74) is 2.46. The fourth-order valence-electron chi connectivity index (χ4n) is 2.81. The van der Waals surface area contributed by atoms with Crippen LogP contribution in [0.2, 0.25) is 0 Å². The molecule has 3 aromatic rings. The van der Waals surface area contributed by atoms with Crippen molar-refractivity contribution >= 4 is 44.1 Å². The van der Waals surface area contributed by atoms with Gasteiger partial charge < -0.3 is 10.6 Å². The van der Waals surface area contributed by atoms with E-state index in [1.165, 1.54) is 32.8 Å². The molecule has 0 saturated carbocycles. The largest absolute Gasteiger partial charge is 0.355 e. The van der Waals surface area contributed by atoms with E-state index in [9.17, 15) is 0 Å². The molecule has 3 heterocycles. The van der Waals surface area contributed by atoms with Gasteiger partial charge in [-0.2, -0.15) is 0 Å². The molecule has 2 nitrogen and oxygen atoms in total. The Bertz CT molecular complexity index is 723. The molecule has 102 valence electrons. The lowest BCUT2D eigenvalue weighted by molar-refractivity contribution is 0.780. The molecule has 1 aliphatic rings. The first-order valence-corrected chi connectivity index (χ1v) is 8.68. The third-order valence-electron chi connectivity index (χ3n) is 3.86. The maximum absolute atomic E-state index is 3.60. The SMILES string of the molecule is c1cc(Nc2ccc3ccsc3c2)c(C2CCNC2)s1. The van der Waals surface area contributed by atoms with E-state index in [-0.39, 0.29) is 0 Å². The third kappa shape index (κ3) is 2.24. The molecule has 1 unspecified atom stereocenters. The van der Waals surface area contributed by atoms with E-state index in [0.717, 1.165) is 13.1 Å². The summed E-state index contributed by atoms with van der Waals surface area (Å²) in [6, 6.07) is 11.0. The van der Waals surface area contributed by atoms with Crippen molar-refractivity contribution in [1.82, 2.24) is 5.32 Å². The average Bonchev–Trinajstić information content (AvgIpc) is 3.19. The van der Waals surface area contributed by atoms with Gasteiger partial charge in [-0.15, -0.1) is 22.7 Å². The van der Waals surface area contributed by atoms with E-state index in [0.29, 0.717) is 5.92 Å². The standard InChI is InChI=1S/C16H16N2S2/c1-2-13(9-15-11(1)4-7-19-15)18-14-5-8-20-16(14)12-3-6-17-10-12/h1-2,4-5,7-9,12,17-18H,3,6,10H2. The van der Waals surface area contributed by atoms with Crippen LogP contribution in [0, 0.1) is 0 Å². The lowest BCUT2D eigenvalue weighted by atomic mass is 10.1. The topological polar surface area (TPSA) is 24.1 Å². The van der Waals surface area contributed by atoms with E-state index in [1.807, 2.05) is 11.3 Å². The molecule has 2 aromatic heterocycles. The van der Waals surface area contributed by atoms with Gasteiger partial charge in [-0.3, -0.25) is 0 Å². The highest BCUT2D eigenvalue weighted by Gasteiger charge is 2.20. The zero-order valence-corrected chi connectivity index (χ0v) is 12.7. The number of anilines is 2. The second kappa shape index (κ2) is 5.20. The summed E-state index contributed by atoms with van der Waals surface area (Å²) in [5.74, 6) is 0.669. The van der Waals surface area contributed by atoms with Crippen LogP contribution in [0.1, 0.15) is 17.2 Å². The van der Waals surface area contributed by atoms with E-state index in [1.54, 1.807) is 11.3 Å². The van der Waals surface area contributed by atoms with Crippen LogP contribution < -0.4 is 10.6 Å². The van der Waals surface area contributed by atoms with Gasteiger partial charge in [0.05, 0.1) is 5.69 Å². The van der Waals surface area contributed by atoms with Crippen LogP contribution in [0.5, 0.6) is 0 Å². The van der Waals surface area contributed by atoms with E-state index < -0.39 is 0 Å². The van der Waals surface area contributed by atoms with E-state index in [2.05, 4.69) is 51.7 Å². The molecule has 1 aliphatic heterocycles. The molecule has 1 atom stereocenters. The Labute approximate surface area is 126 Å². The van der Waals surface area contributed by atoms with Crippen molar-refractivity contribution in [2.45, 2.75) is 12.3 Å². The highest BCUT2D eigenvalue weighted by atomic mass is 32.1. The van der Waals surface area contributed by atoms with Crippen LogP contribution in [0.25, 0.3) is 10.1 Å². The summed E-state index contributed by atoms with van der Waals surface area (Å²) in [6.45, 7) is 2.25. The summed E-state index contributed by atoms with van der Waals surface area (Å²) < 4.78 is 1.34. The number of benzene rings is 1. The first kappa shape index (κ1) is 12.4. The zero-order chi connectivity index (χ0) is 13.4. The van der Waals surface area contributed by atoms with E-state index in [4.69, 9.17) is 0 Å². The average molecular weight is 300 g/mol. The van der Waals surface area contributed by atoms with Gasteiger partial charge in [0, 0.05) is 27.7 Å². The molecule has 0 amide bonds. The van der Waals surface area contributed by atoms with Gasteiger partial charge in [-0.25, -0.2) is 0 Å². The molecule has 4 rings (SSSR count). The second-order valence-corrected chi connectivity index (χ2v) is 7.08. The Morgan fingerprint density at radius 1 is 1.10 bits per heavy atom. The molecular formula is C16H16N2S2. The van der Waals surface area contributed by atoms with Crippen LogP contribution in [0.3, 0.4) is 0 Å². The second-order valence-electron chi connectivity index (χ2n) is 5.19. The highest BCUT2D eigenvalue weighted by molar-refractivity contribution is 7.17. The van der Waals surface area contributed by atoms with Crippen LogP contribution in [-0.2, 0) is 0 Å². The predicted octanol–water partition coefficient (Wildman–Crippen LogP) is 4.78. The first-order valence-electron chi connectivity index (χ1n) is 6.92. The molecule has 20 heavy (non-hydrogen) atoms. The van der Waals surface area contributed by atoms with Crippen LogP contribution in [-0.4, -0.2) is 13.1 Å². The minimum Gasteiger partial charge on any atom is -0.355 e. The monoisotopic (exact) mass is 300 g/mol.